The Balaban J connectivity index is 2.46. The number of hydrogen-bond donors (Lipinski definition) is 1. The zero-order chi connectivity index (χ0) is 13.5. The molecule has 0 aliphatic heterocycles. The van der Waals surface area contributed by atoms with Gasteiger partial charge in [-0.3, -0.25) is 0 Å². The topological polar surface area (TPSA) is 21.3 Å². The second-order valence-electron chi connectivity index (χ2n) is 5.00. The van der Waals surface area contributed by atoms with Gasteiger partial charge < -0.3 is 10.1 Å². The van der Waals surface area contributed by atoms with Gasteiger partial charge in [-0.15, -0.1) is 0 Å². The first kappa shape index (κ1) is 15.3. The monoisotopic (exact) mass is 269 g/mol. The fourth-order valence-electron chi connectivity index (χ4n) is 1.97. The van der Waals surface area contributed by atoms with Crippen molar-refractivity contribution in [1.29, 1.82) is 0 Å². The van der Waals surface area contributed by atoms with Crippen molar-refractivity contribution in [2.24, 2.45) is 5.92 Å². The summed E-state index contributed by atoms with van der Waals surface area (Å²) >= 11 is 6.10. The lowest BCUT2D eigenvalue weighted by Gasteiger charge is -2.17. The third-order valence-corrected chi connectivity index (χ3v) is 3.62. The molecule has 1 N–H and O–H groups in total. The Morgan fingerprint density at radius 1 is 1.33 bits per heavy atom. The molecule has 0 saturated heterocycles. The van der Waals surface area contributed by atoms with Crippen molar-refractivity contribution in [2.75, 3.05) is 7.11 Å². The van der Waals surface area contributed by atoms with E-state index in [1.165, 1.54) is 18.4 Å². The predicted octanol–water partition coefficient (Wildman–Crippen LogP) is 4.26. The number of benzene rings is 1. The molecule has 0 aliphatic carbocycles. The lowest BCUT2D eigenvalue weighted by molar-refractivity contribution is 0.410. The highest BCUT2D eigenvalue weighted by molar-refractivity contribution is 6.32. The Bertz CT molecular complexity index is 368. The van der Waals surface area contributed by atoms with Crippen molar-refractivity contribution >= 4 is 11.6 Å². The zero-order valence-corrected chi connectivity index (χ0v) is 12.6. The molecule has 0 saturated carbocycles. The van der Waals surface area contributed by atoms with Crippen LogP contribution in [0, 0.1) is 5.92 Å². The van der Waals surface area contributed by atoms with Crippen molar-refractivity contribution in [3.05, 3.63) is 28.8 Å². The van der Waals surface area contributed by atoms with E-state index in [-0.39, 0.29) is 0 Å². The van der Waals surface area contributed by atoms with Crippen LogP contribution in [0.1, 0.15) is 39.2 Å². The van der Waals surface area contributed by atoms with Gasteiger partial charge in [0, 0.05) is 12.6 Å². The second kappa shape index (κ2) is 7.65. The third-order valence-electron chi connectivity index (χ3n) is 3.32. The Morgan fingerprint density at radius 2 is 2.06 bits per heavy atom. The molecule has 2 unspecified atom stereocenters. The first-order valence-corrected chi connectivity index (χ1v) is 7.00. The van der Waals surface area contributed by atoms with Gasteiger partial charge in [0.2, 0.25) is 0 Å². The number of halogens is 1. The molecule has 102 valence electrons. The fraction of sp³-hybridized carbons (Fsp3) is 0.600. The van der Waals surface area contributed by atoms with Gasteiger partial charge in [-0.1, -0.05) is 37.9 Å². The van der Waals surface area contributed by atoms with E-state index in [0.29, 0.717) is 11.1 Å². The number of rotatable bonds is 7. The molecule has 18 heavy (non-hydrogen) atoms. The lowest BCUT2D eigenvalue weighted by atomic mass is 10.0. The fourth-order valence-corrected chi connectivity index (χ4v) is 2.25. The van der Waals surface area contributed by atoms with Crippen LogP contribution in [0.2, 0.25) is 5.02 Å². The van der Waals surface area contributed by atoms with E-state index in [4.69, 9.17) is 16.3 Å². The Morgan fingerprint density at radius 3 is 2.61 bits per heavy atom. The van der Waals surface area contributed by atoms with Gasteiger partial charge in [0.1, 0.15) is 5.75 Å². The summed E-state index contributed by atoms with van der Waals surface area (Å²) in [5.41, 5.74) is 1.19. The summed E-state index contributed by atoms with van der Waals surface area (Å²) in [7, 11) is 1.63. The smallest absolute Gasteiger partial charge is 0.137 e. The summed E-state index contributed by atoms with van der Waals surface area (Å²) in [6, 6.07) is 6.45. The minimum atomic E-state index is 0.529. The van der Waals surface area contributed by atoms with Crippen LogP contribution in [-0.2, 0) is 6.54 Å². The summed E-state index contributed by atoms with van der Waals surface area (Å²) in [4.78, 5) is 0. The number of ether oxygens (including phenoxy) is 1. The van der Waals surface area contributed by atoms with E-state index in [1.54, 1.807) is 7.11 Å². The van der Waals surface area contributed by atoms with Gasteiger partial charge in [0.25, 0.3) is 0 Å². The molecule has 0 aromatic heterocycles. The van der Waals surface area contributed by atoms with Gasteiger partial charge >= 0.3 is 0 Å². The SMILES string of the molecule is CCC(C)CC(C)NCc1ccc(OC)c(Cl)c1. The molecule has 0 aliphatic rings. The normalized spacial score (nSPS) is 14.3. The summed E-state index contributed by atoms with van der Waals surface area (Å²) in [5.74, 6) is 1.50. The maximum Gasteiger partial charge on any atom is 0.137 e. The first-order valence-electron chi connectivity index (χ1n) is 6.62. The largest absolute Gasteiger partial charge is 0.495 e. The van der Waals surface area contributed by atoms with Crippen molar-refractivity contribution in [3.8, 4) is 5.75 Å². The third kappa shape index (κ3) is 4.87. The molecule has 0 fully saturated rings. The number of hydrogen-bond acceptors (Lipinski definition) is 2. The van der Waals surface area contributed by atoms with Crippen LogP contribution in [0.3, 0.4) is 0 Å². The molecule has 0 spiro atoms. The molecule has 1 rings (SSSR count). The molecular weight excluding hydrogens is 246 g/mol. The van der Waals surface area contributed by atoms with Crippen molar-refractivity contribution in [1.82, 2.24) is 5.32 Å². The van der Waals surface area contributed by atoms with Gasteiger partial charge in [-0.05, 0) is 37.0 Å². The Labute approximate surface area is 116 Å². The lowest BCUT2D eigenvalue weighted by Crippen LogP contribution is -2.27. The van der Waals surface area contributed by atoms with E-state index in [1.807, 2.05) is 18.2 Å². The first-order chi connectivity index (χ1) is 8.56. The number of methoxy groups -OCH3 is 1. The molecule has 0 radical (unpaired) electrons. The summed E-state index contributed by atoms with van der Waals surface area (Å²) < 4.78 is 5.14. The molecule has 1 aromatic rings. The van der Waals surface area contributed by atoms with E-state index in [2.05, 4.69) is 26.1 Å². The maximum atomic E-state index is 6.10. The average Bonchev–Trinajstić information content (AvgIpc) is 2.36. The summed E-state index contributed by atoms with van der Waals surface area (Å²) in [6.45, 7) is 7.61. The molecule has 2 atom stereocenters. The summed E-state index contributed by atoms with van der Waals surface area (Å²) in [5, 5.41) is 4.20. The molecular formula is C15H24ClNO. The van der Waals surface area contributed by atoms with Crippen LogP contribution in [0.15, 0.2) is 18.2 Å². The quantitative estimate of drug-likeness (QED) is 0.798. The molecule has 0 heterocycles. The van der Waals surface area contributed by atoms with Gasteiger partial charge in [0.15, 0.2) is 0 Å². The highest BCUT2D eigenvalue weighted by Crippen LogP contribution is 2.24. The Kier molecular flexibility index (Phi) is 6.51. The van der Waals surface area contributed by atoms with Gasteiger partial charge in [-0.25, -0.2) is 0 Å². The molecule has 0 bridgehead atoms. The predicted molar refractivity (Wildman–Crippen MR) is 78.4 cm³/mol. The minimum absolute atomic E-state index is 0.529. The van der Waals surface area contributed by atoms with E-state index in [0.717, 1.165) is 18.2 Å². The standard InChI is InChI=1S/C15H24ClNO/c1-5-11(2)8-12(3)17-10-13-6-7-15(18-4)14(16)9-13/h6-7,9,11-12,17H,5,8,10H2,1-4H3. The van der Waals surface area contributed by atoms with Gasteiger partial charge in [0.05, 0.1) is 12.1 Å². The highest BCUT2D eigenvalue weighted by atomic mass is 35.5. The van der Waals surface area contributed by atoms with Crippen LogP contribution in [0.5, 0.6) is 5.75 Å². The van der Waals surface area contributed by atoms with Gasteiger partial charge in [-0.2, -0.15) is 0 Å². The van der Waals surface area contributed by atoms with Crippen LogP contribution in [-0.4, -0.2) is 13.2 Å². The van der Waals surface area contributed by atoms with E-state index >= 15 is 0 Å². The average molecular weight is 270 g/mol. The Hall–Kier alpha value is -0.730. The zero-order valence-electron chi connectivity index (χ0n) is 11.8. The molecule has 0 amide bonds. The van der Waals surface area contributed by atoms with Crippen molar-refractivity contribution < 1.29 is 4.74 Å². The molecule has 3 heteroatoms. The van der Waals surface area contributed by atoms with Crippen LogP contribution >= 0.6 is 11.6 Å². The molecule has 2 nitrogen and oxygen atoms in total. The van der Waals surface area contributed by atoms with E-state index < -0.39 is 0 Å². The number of nitrogens with one attached hydrogen (secondary N) is 1. The van der Waals surface area contributed by atoms with Crippen LogP contribution in [0.25, 0.3) is 0 Å². The molecule has 1 aromatic carbocycles. The second-order valence-corrected chi connectivity index (χ2v) is 5.41. The van der Waals surface area contributed by atoms with Crippen molar-refractivity contribution in [2.45, 2.75) is 46.2 Å². The highest BCUT2D eigenvalue weighted by Gasteiger charge is 2.07. The minimum Gasteiger partial charge on any atom is -0.495 e. The van der Waals surface area contributed by atoms with Crippen molar-refractivity contribution in [3.63, 3.8) is 0 Å². The maximum absolute atomic E-state index is 6.10. The summed E-state index contributed by atoms with van der Waals surface area (Å²) in [6.07, 6.45) is 2.45. The van der Waals surface area contributed by atoms with Crippen LogP contribution < -0.4 is 10.1 Å². The van der Waals surface area contributed by atoms with Crippen LogP contribution in [0.4, 0.5) is 0 Å². The van der Waals surface area contributed by atoms with E-state index in [9.17, 15) is 0 Å².